The van der Waals surface area contributed by atoms with E-state index in [1.165, 1.54) is 31.4 Å². The van der Waals surface area contributed by atoms with Crippen LogP contribution in [0.1, 0.15) is 43.8 Å². The number of carbonyl (C=O) groups is 1. The van der Waals surface area contributed by atoms with Crippen molar-refractivity contribution in [1.29, 1.82) is 0 Å². The van der Waals surface area contributed by atoms with Gasteiger partial charge in [-0.15, -0.1) is 0 Å². The van der Waals surface area contributed by atoms with Crippen molar-refractivity contribution in [3.8, 4) is 0 Å². The van der Waals surface area contributed by atoms with Crippen LogP contribution in [-0.2, 0) is 21.4 Å². The number of alkyl halides is 3. The summed E-state index contributed by atoms with van der Waals surface area (Å²) in [6.07, 6.45) is 2.71. The maximum atomic E-state index is 12.4. The quantitative estimate of drug-likeness (QED) is 0.647. The molecule has 182 valence electrons. The van der Waals surface area contributed by atoms with Gasteiger partial charge in [-0.05, 0) is 37.5 Å². The lowest BCUT2D eigenvalue weighted by atomic mass is 10.1. The molecule has 0 spiro atoms. The lowest BCUT2D eigenvalue weighted by molar-refractivity contribution is -0.192. The molecule has 1 fully saturated rings. The minimum atomic E-state index is -5.08. The van der Waals surface area contributed by atoms with Crippen LogP contribution in [0.4, 0.5) is 13.2 Å². The molecule has 8 nitrogen and oxygen atoms in total. The normalized spacial score (nSPS) is 19.5. The first-order valence-electron chi connectivity index (χ1n) is 10.7. The average Bonchev–Trinajstić information content (AvgIpc) is 3.46. The molecule has 1 saturated carbocycles. The molecule has 0 radical (unpaired) electrons. The van der Waals surface area contributed by atoms with Crippen LogP contribution in [-0.4, -0.2) is 59.5 Å². The molecule has 1 aliphatic carbocycles. The number of halogens is 3. The molecule has 2 N–H and O–H groups in total. The first-order valence-corrected chi connectivity index (χ1v) is 12.2. The number of aliphatic carboxylic acids is 1. The van der Waals surface area contributed by atoms with E-state index in [0.717, 1.165) is 19.5 Å². The Bertz CT molecular complexity index is 1020. The standard InChI is InChI=1S/C19H26N4O2S.C2HF3O2/c24-26(25,19-8-2-1-3-9-19)21-13-11-18-15-22(16-6-4-5-7-16)14-17-10-12-20-23(17)18;3-2(4,5)1(6)7/h1-3,8-10,12,16,18,21H,4-7,11,13-15H2;(H,6,7). The van der Waals surface area contributed by atoms with Gasteiger partial charge in [-0.25, -0.2) is 17.9 Å². The molecular weight excluding hydrogens is 461 g/mol. The Labute approximate surface area is 190 Å². The molecule has 0 saturated heterocycles. The number of rotatable bonds is 6. The van der Waals surface area contributed by atoms with E-state index in [-0.39, 0.29) is 6.04 Å². The monoisotopic (exact) mass is 488 g/mol. The van der Waals surface area contributed by atoms with Crippen molar-refractivity contribution in [3.05, 3.63) is 48.3 Å². The zero-order valence-electron chi connectivity index (χ0n) is 17.9. The van der Waals surface area contributed by atoms with Gasteiger partial charge < -0.3 is 5.11 Å². The SMILES string of the molecule is O=C(O)C(F)(F)F.O=S(=O)(NCCC1CN(C2CCCC2)Cc2ccnn21)c1ccccc1. The summed E-state index contributed by atoms with van der Waals surface area (Å²) in [6, 6.07) is 11.5. The first kappa shape index (κ1) is 25.2. The van der Waals surface area contributed by atoms with Crippen LogP contribution >= 0.6 is 0 Å². The molecule has 12 heteroatoms. The molecule has 33 heavy (non-hydrogen) atoms. The summed E-state index contributed by atoms with van der Waals surface area (Å²) >= 11 is 0. The second-order valence-electron chi connectivity index (χ2n) is 8.09. The number of hydrogen-bond donors (Lipinski definition) is 2. The highest BCUT2D eigenvalue weighted by molar-refractivity contribution is 7.89. The third-order valence-corrected chi connectivity index (χ3v) is 7.29. The summed E-state index contributed by atoms with van der Waals surface area (Å²) in [5, 5.41) is 11.6. The average molecular weight is 489 g/mol. The van der Waals surface area contributed by atoms with E-state index in [1.54, 1.807) is 24.3 Å². The van der Waals surface area contributed by atoms with E-state index in [4.69, 9.17) is 9.90 Å². The second-order valence-corrected chi connectivity index (χ2v) is 9.86. The van der Waals surface area contributed by atoms with Crippen LogP contribution in [0.2, 0.25) is 0 Å². The topological polar surface area (TPSA) is 105 Å². The largest absolute Gasteiger partial charge is 0.490 e. The Hall–Kier alpha value is -2.44. The first-order chi connectivity index (χ1) is 15.6. The number of fused-ring (bicyclic) bond motifs is 1. The third-order valence-electron chi connectivity index (χ3n) is 5.82. The van der Waals surface area contributed by atoms with E-state index in [9.17, 15) is 21.6 Å². The highest BCUT2D eigenvalue weighted by atomic mass is 32.2. The Kier molecular flexibility index (Phi) is 8.14. The van der Waals surface area contributed by atoms with Gasteiger partial charge in [0.25, 0.3) is 0 Å². The summed E-state index contributed by atoms with van der Waals surface area (Å²) in [4.78, 5) is 11.8. The van der Waals surface area contributed by atoms with Crippen LogP contribution in [0.15, 0.2) is 47.5 Å². The summed E-state index contributed by atoms with van der Waals surface area (Å²) in [5.74, 6) is -2.76. The number of carboxylic acid groups (broad SMARTS) is 1. The summed E-state index contributed by atoms with van der Waals surface area (Å²) in [7, 11) is -3.45. The molecule has 1 unspecified atom stereocenters. The molecule has 2 aliphatic rings. The number of nitrogens with one attached hydrogen (secondary N) is 1. The van der Waals surface area contributed by atoms with Gasteiger partial charge in [-0.2, -0.15) is 18.3 Å². The van der Waals surface area contributed by atoms with Gasteiger partial charge in [0.15, 0.2) is 0 Å². The van der Waals surface area contributed by atoms with Crippen molar-refractivity contribution in [2.75, 3.05) is 13.1 Å². The lowest BCUT2D eigenvalue weighted by Gasteiger charge is -2.37. The van der Waals surface area contributed by atoms with Crippen molar-refractivity contribution in [2.45, 2.75) is 61.8 Å². The number of carboxylic acids is 1. The van der Waals surface area contributed by atoms with Gasteiger partial charge >= 0.3 is 12.1 Å². The van der Waals surface area contributed by atoms with Crippen molar-refractivity contribution in [1.82, 2.24) is 19.4 Å². The van der Waals surface area contributed by atoms with E-state index in [2.05, 4.69) is 25.5 Å². The number of nitrogens with zero attached hydrogens (tertiary/aromatic N) is 3. The van der Waals surface area contributed by atoms with Crippen LogP contribution in [0.25, 0.3) is 0 Å². The molecule has 0 bridgehead atoms. The zero-order valence-corrected chi connectivity index (χ0v) is 18.7. The van der Waals surface area contributed by atoms with Gasteiger partial charge in [0.05, 0.1) is 16.6 Å². The Morgan fingerprint density at radius 1 is 1.15 bits per heavy atom. The number of sulfonamides is 1. The van der Waals surface area contributed by atoms with Crippen molar-refractivity contribution >= 4 is 16.0 Å². The summed E-state index contributed by atoms with van der Waals surface area (Å²) in [6.45, 7) is 2.32. The fourth-order valence-electron chi connectivity index (χ4n) is 4.22. The summed E-state index contributed by atoms with van der Waals surface area (Å²) < 4.78 is 61.4. The van der Waals surface area contributed by atoms with Crippen LogP contribution in [0.3, 0.4) is 0 Å². The van der Waals surface area contributed by atoms with Gasteiger partial charge in [-0.1, -0.05) is 31.0 Å². The Morgan fingerprint density at radius 3 is 2.39 bits per heavy atom. The fraction of sp³-hybridized carbons (Fsp3) is 0.524. The molecule has 2 aromatic rings. The van der Waals surface area contributed by atoms with Crippen LogP contribution < -0.4 is 4.72 Å². The zero-order chi connectivity index (χ0) is 24.1. The van der Waals surface area contributed by atoms with E-state index >= 15 is 0 Å². The molecule has 4 rings (SSSR count). The Balaban J connectivity index is 0.000000383. The van der Waals surface area contributed by atoms with Crippen molar-refractivity contribution < 1.29 is 31.5 Å². The maximum absolute atomic E-state index is 12.4. The smallest absolute Gasteiger partial charge is 0.475 e. The third kappa shape index (κ3) is 6.78. The predicted octanol–water partition coefficient (Wildman–Crippen LogP) is 3.18. The molecule has 1 aromatic heterocycles. The molecule has 1 atom stereocenters. The highest BCUT2D eigenvalue weighted by Crippen LogP contribution is 2.30. The molecule has 1 aliphatic heterocycles. The van der Waals surface area contributed by atoms with Crippen molar-refractivity contribution in [3.63, 3.8) is 0 Å². The van der Waals surface area contributed by atoms with Crippen molar-refractivity contribution in [2.24, 2.45) is 0 Å². The fourth-order valence-corrected chi connectivity index (χ4v) is 5.29. The van der Waals surface area contributed by atoms with Gasteiger partial charge in [0.1, 0.15) is 0 Å². The van der Waals surface area contributed by atoms with Crippen LogP contribution in [0, 0.1) is 0 Å². The number of benzene rings is 1. The van der Waals surface area contributed by atoms with E-state index < -0.39 is 22.2 Å². The van der Waals surface area contributed by atoms with Gasteiger partial charge in [0.2, 0.25) is 10.0 Å². The molecule has 2 heterocycles. The summed E-state index contributed by atoms with van der Waals surface area (Å²) in [5.41, 5.74) is 1.24. The maximum Gasteiger partial charge on any atom is 0.490 e. The lowest BCUT2D eigenvalue weighted by Crippen LogP contribution is -2.43. The number of hydrogen-bond acceptors (Lipinski definition) is 5. The minimum absolute atomic E-state index is 0.216. The molecular formula is C21H27F3N4O4S. The second kappa shape index (κ2) is 10.7. The Morgan fingerprint density at radius 2 is 1.79 bits per heavy atom. The van der Waals surface area contributed by atoms with Gasteiger partial charge in [0, 0.05) is 31.9 Å². The van der Waals surface area contributed by atoms with E-state index in [0.29, 0.717) is 17.5 Å². The minimum Gasteiger partial charge on any atom is -0.475 e. The molecule has 1 aromatic carbocycles. The number of aromatic nitrogens is 2. The molecule has 0 amide bonds. The highest BCUT2D eigenvalue weighted by Gasteiger charge is 2.38. The van der Waals surface area contributed by atoms with Gasteiger partial charge in [-0.3, -0.25) is 9.58 Å². The predicted molar refractivity (Wildman–Crippen MR) is 114 cm³/mol. The van der Waals surface area contributed by atoms with E-state index in [1.807, 2.05) is 12.3 Å². The van der Waals surface area contributed by atoms with Crippen LogP contribution in [0.5, 0.6) is 0 Å².